The summed E-state index contributed by atoms with van der Waals surface area (Å²) in [6.07, 6.45) is 9.85. The molecule has 0 atom stereocenters. The Morgan fingerprint density at radius 1 is 0.933 bits per heavy atom. The first kappa shape index (κ1) is 27.6. The number of benzene rings is 1. The van der Waals surface area contributed by atoms with Crippen molar-refractivity contribution < 1.29 is 9.53 Å². The summed E-state index contributed by atoms with van der Waals surface area (Å²) >= 11 is 0. The second kappa shape index (κ2) is 10.9. The number of piperazine rings is 1. The van der Waals surface area contributed by atoms with Crippen molar-refractivity contribution in [1.82, 2.24) is 33.8 Å². The third-order valence-electron chi connectivity index (χ3n) is 9.12. The van der Waals surface area contributed by atoms with Crippen LogP contribution < -0.4 is 20.1 Å². The van der Waals surface area contributed by atoms with Gasteiger partial charge >= 0.3 is 0 Å². The van der Waals surface area contributed by atoms with Crippen molar-refractivity contribution >= 4 is 39.3 Å². The Hall–Kier alpha value is -4.97. The molecule has 0 saturated carbocycles. The van der Waals surface area contributed by atoms with Gasteiger partial charge in [0.1, 0.15) is 11.2 Å². The molecule has 0 aliphatic carbocycles. The van der Waals surface area contributed by atoms with Gasteiger partial charge in [0.15, 0.2) is 29.6 Å². The van der Waals surface area contributed by atoms with Crippen LogP contribution in [0.1, 0.15) is 24.2 Å². The predicted octanol–water partition coefficient (Wildman–Crippen LogP) is 2.89. The number of fused-ring (bicyclic) bond motifs is 6. The minimum atomic E-state index is -0.190. The summed E-state index contributed by atoms with van der Waals surface area (Å²) in [7, 11) is 4.24. The first-order chi connectivity index (χ1) is 21.9. The smallest absolute Gasteiger partial charge is 0.278 e. The van der Waals surface area contributed by atoms with Crippen LogP contribution in [0.25, 0.3) is 27.8 Å². The number of likely N-dealkylation sites (N-methyl/N-ethyl adjacent to an activating group) is 1. The summed E-state index contributed by atoms with van der Waals surface area (Å²) in [6.45, 7) is 4.89. The Labute approximate surface area is 259 Å². The molecule has 5 aromatic rings. The summed E-state index contributed by atoms with van der Waals surface area (Å²) in [5, 5.41) is 1.66. The summed E-state index contributed by atoms with van der Waals surface area (Å²) in [5.41, 5.74) is 3.79. The topological polar surface area (TPSA) is 107 Å². The quantitative estimate of drug-likeness (QED) is 0.289. The Balaban J connectivity index is 1.24. The third kappa shape index (κ3) is 4.76. The van der Waals surface area contributed by atoms with Crippen molar-refractivity contribution in [3.05, 3.63) is 76.6 Å². The van der Waals surface area contributed by atoms with Gasteiger partial charge in [-0.05, 0) is 55.8 Å². The zero-order chi connectivity index (χ0) is 30.7. The lowest BCUT2D eigenvalue weighted by Gasteiger charge is -2.34. The van der Waals surface area contributed by atoms with E-state index in [4.69, 9.17) is 14.7 Å². The van der Waals surface area contributed by atoms with Crippen molar-refractivity contribution in [3.63, 3.8) is 0 Å². The van der Waals surface area contributed by atoms with Crippen molar-refractivity contribution in [2.45, 2.75) is 25.8 Å². The molecule has 12 heteroatoms. The van der Waals surface area contributed by atoms with E-state index < -0.39 is 0 Å². The number of carbonyl (C=O) groups excluding carboxylic acids is 1. The van der Waals surface area contributed by atoms with E-state index >= 15 is 0 Å². The zero-order valence-electron chi connectivity index (χ0n) is 25.5. The highest BCUT2D eigenvalue weighted by atomic mass is 16.5. The van der Waals surface area contributed by atoms with Gasteiger partial charge in [-0.25, -0.2) is 24.3 Å². The SMILES string of the molecule is CN1CCN(c2cc(Cc3ncc4c(=O)n5n(c4n3)-c3ccc4c(n3)N(CCC/C=C\C5)C(=O)CO4)cc3c2ccn3C)CC1. The van der Waals surface area contributed by atoms with Crippen LogP contribution in [0.5, 0.6) is 5.75 Å². The monoisotopic (exact) mass is 605 g/mol. The van der Waals surface area contributed by atoms with Gasteiger partial charge in [0.05, 0.1) is 12.1 Å². The van der Waals surface area contributed by atoms with Crippen LogP contribution in [0.2, 0.25) is 0 Å². The van der Waals surface area contributed by atoms with Gasteiger partial charge in [-0.2, -0.15) is 0 Å². The molecule has 7 heterocycles. The van der Waals surface area contributed by atoms with E-state index in [2.05, 4.69) is 63.9 Å². The molecular formula is C33H35N9O3. The maximum Gasteiger partial charge on any atom is 0.278 e. The number of carbonyl (C=O) groups is 1. The van der Waals surface area contributed by atoms with Crippen LogP contribution in [0.4, 0.5) is 11.5 Å². The van der Waals surface area contributed by atoms with Crippen molar-refractivity contribution in [3.8, 4) is 11.6 Å². The number of hydrogen-bond donors (Lipinski definition) is 0. The number of allylic oxidation sites excluding steroid dienone is 2. The number of aryl methyl sites for hydroxylation is 1. The summed E-state index contributed by atoms with van der Waals surface area (Å²) < 4.78 is 11.2. The highest BCUT2D eigenvalue weighted by molar-refractivity contribution is 5.97. The molecule has 0 unspecified atom stereocenters. The molecule has 0 N–H and O–H groups in total. The predicted molar refractivity (Wildman–Crippen MR) is 173 cm³/mol. The number of amides is 1. The van der Waals surface area contributed by atoms with Gasteiger partial charge in [-0.3, -0.25) is 14.5 Å². The minimum absolute atomic E-state index is 0.0112. The normalized spacial score (nSPS) is 18.0. The van der Waals surface area contributed by atoms with Crippen LogP contribution in [-0.2, 0) is 24.8 Å². The molecule has 230 valence electrons. The van der Waals surface area contributed by atoms with Crippen LogP contribution in [-0.4, -0.2) is 86.1 Å². The van der Waals surface area contributed by atoms with Gasteiger partial charge in [-0.1, -0.05) is 12.2 Å². The Kier molecular flexibility index (Phi) is 6.67. The number of hydrogen-bond acceptors (Lipinski definition) is 8. The van der Waals surface area contributed by atoms with Gasteiger partial charge in [0.2, 0.25) is 0 Å². The van der Waals surface area contributed by atoms with E-state index in [0.717, 1.165) is 44.6 Å². The molecular weight excluding hydrogens is 570 g/mol. The number of ether oxygens (including phenoxy) is 1. The second-order valence-corrected chi connectivity index (χ2v) is 12.1. The lowest BCUT2D eigenvalue weighted by molar-refractivity contribution is -0.121. The van der Waals surface area contributed by atoms with E-state index in [-0.39, 0.29) is 18.1 Å². The lowest BCUT2D eigenvalue weighted by atomic mass is 10.1. The fourth-order valence-corrected chi connectivity index (χ4v) is 6.62. The number of nitrogens with zero attached hydrogens (tertiary/aromatic N) is 9. The molecule has 12 nitrogen and oxygen atoms in total. The van der Waals surface area contributed by atoms with Crippen molar-refractivity contribution in [2.75, 3.05) is 56.2 Å². The highest BCUT2D eigenvalue weighted by Gasteiger charge is 2.28. The Morgan fingerprint density at radius 2 is 1.80 bits per heavy atom. The first-order valence-electron chi connectivity index (χ1n) is 15.5. The van der Waals surface area contributed by atoms with E-state index in [1.165, 1.54) is 16.6 Å². The molecule has 8 rings (SSSR count). The molecule has 45 heavy (non-hydrogen) atoms. The number of pyridine rings is 1. The van der Waals surface area contributed by atoms with Gasteiger partial charge in [-0.15, -0.1) is 0 Å². The van der Waals surface area contributed by atoms with E-state index in [0.29, 0.717) is 53.8 Å². The maximum absolute atomic E-state index is 13.7. The number of aromatic nitrogens is 6. The van der Waals surface area contributed by atoms with Crippen LogP contribution >= 0.6 is 0 Å². The van der Waals surface area contributed by atoms with Crippen LogP contribution in [0, 0.1) is 0 Å². The first-order valence-corrected chi connectivity index (χ1v) is 15.5. The lowest BCUT2D eigenvalue weighted by Crippen LogP contribution is -2.44. The Morgan fingerprint density at radius 3 is 2.67 bits per heavy atom. The largest absolute Gasteiger partial charge is 0.480 e. The molecule has 3 aliphatic heterocycles. The van der Waals surface area contributed by atoms with Crippen molar-refractivity contribution in [1.29, 1.82) is 0 Å². The molecule has 0 spiro atoms. The van der Waals surface area contributed by atoms with E-state index in [1.807, 2.05) is 18.2 Å². The fourth-order valence-electron chi connectivity index (χ4n) is 6.62. The molecule has 4 aromatic heterocycles. The average molecular weight is 606 g/mol. The molecule has 1 aromatic carbocycles. The summed E-state index contributed by atoms with van der Waals surface area (Å²) in [5.74, 6) is 2.00. The van der Waals surface area contributed by atoms with Crippen LogP contribution in [0.15, 0.2) is 59.7 Å². The molecule has 0 radical (unpaired) electrons. The average Bonchev–Trinajstić information content (AvgIpc) is 3.55. The van der Waals surface area contributed by atoms with Crippen LogP contribution in [0.3, 0.4) is 0 Å². The molecule has 1 saturated heterocycles. The molecule has 2 bridgehead atoms. The maximum atomic E-state index is 13.7. The number of anilines is 2. The second-order valence-electron chi connectivity index (χ2n) is 12.1. The minimum Gasteiger partial charge on any atom is -0.480 e. The van der Waals surface area contributed by atoms with E-state index in [9.17, 15) is 9.59 Å². The van der Waals surface area contributed by atoms with Gasteiger partial charge in [0, 0.05) is 69.7 Å². The Bertz CT molecular complexity index is 2050. The van der Waals surface area contributed by atoms with Gasteiger partial charge < -0.3 is 19.1 Å². The third-order valence-corrected chi connectivity index (χ3v) is 9.12. The zero-order valence-corrected chi connectivity index (χ0v) is 25.5. The molecule has 1 fully saturated rings. The van der Waals surface area contributed by atoms with Gasteiger partial charge in [0.25, 0.3) is 11.5 Å². The van der Waals surface area contributed by atoms with E-state index in [1.54, 1.807) is 20.5 Å². The summed E-state index contributed by atoms with van der Waals surface area (Å²) in [6, 6.07) is 10.3. The number of rotatable bonds is 3. The summed E-state index contributed by atoms with van der Waals surface area (Å²) in [4.78, 5) is 47.5. The highest BCUT2D eigenvalue weighted by Crippen LogP contribution is 2.33. The molecule has 1 amide bonds. The molecule has 3 aliphatic rings. The fraction of sp³-hybridized carbons (Fsp3) is 0.364. The van der Waals surface area contributed by atoms with Crippen molar-refractivity contribution in [2.24, 2.45) is 7.05 Å². The standard InChI is InChI=1S/C33H35N9O3/c1-37-13-15-39(16-14-37)26-18-22(17-25-23(26)9-12-38(25)2)19-28-34-20-24-31(35-28)42-29-8-7-27-32(36-29)40(30(43)21-45-27)10-5-3-4-6-11-41(42)33(24)44/h4,6-9,12,17-18,20H,3,5,10-11,13-16,19,21H2,1-2H3/b6-4-.